The average molecular weight is 283 g/mol. The highest BCUT2D eigenvalue weighted by atomic mass is 35.5. The van der Waals surface area contributed by atoms with E-state index in [4.69, 9.17) is 26.8 Å². The molecule has 3 rings (SSSR count). The van der Waals surface area contributed by atoms with Gasteiger partial charge in [0.1, 0.15) is 0 Å². The minimum absolute atomic E-state index is 0.0310. The van der Waals surface area contributed by atoms with E-state index in [1.807, 2.05) is 0 Å². The third-order valence-electron chi connectivity index (χ3n) is 3.56. The van der Waals surface area contributed by atoms with Gasteiger partial charge in [0, 0.05) is 24.1 Å². The SMILES string of the molecule is NC1CCC(C(=O)Nc2cc3c(cc2Cl)OCO3)C1. The molecule has 2 unspecified atom stereocenters. The molecule has 19 heavy (non-hydrogen) atoms. The van der Waals surface area contributed by atoms with Crippen LogP contribution >= 0.6 is 11.6 Å². The molecule has 2 aliphatic rings. The Balaban J connectivity index is 1.74. The van der Waals surface area contributed by atoms with Crippen molar-refractivity contribution in [1.82, 2.24) is 0 Å². The third kappa shape index (κ3) is 2.48. The molecule has 1 aromatic rings. The van der Waals surface area contributed by atoms with E-state index in [0.29, 0.717) is 22.2 Å². The number of anilines is 1. The van der Waals surface area contributed by atoms with E-state index in [-0.39, 0.29) is 24.7 Å². The Morgan fingerprint density at radius 3 is 2.74 bits per heavy atom. The van der Waals surface area contributed by atoms with E-state index >= 15 is 0 Å². The van der Waals surface area contributed by atoms with E-state index < -0.39 is 0 Å². The van der Waals surface area contributed by atoms with Crippen LogP contribution in [0.5, 0.6) is 11.5 Å². The van der Waals surface area contributed by atoms with Crippen LogP contribution in [0.15, 0.2) is 12.1 Å². The monoisotopic (exact) mass is 282 g/mol. The molecule has 1 heterocycles. The summed E-state index contributed by atoms with van der Waals surface area (Å²) in [6.45, 7) is 0.181. The van der Waals surface area contributed by atoms with Gasteiger partial charge in [0.05, 0.1) is 10.7 Å². The molecule has 2 atom stereocenters. The first-order chi connectivity index (χ1) is 9.13. The van der Waals surface area contributed by atoms with Crippen LogP contribution in [0, 0.1) is 5.92 Å². The molecular formula is C13H15ClN2O3. The standard InChI is InChI=1S/C13H15ClN2O3/c14-9-4-11-12(19-6-18-11)5-10(9)16-13(17)7-1-2-8(15)3-7/h4-5,7-8H,1-3,6,15H2,(H,16,17). The van der Waals surface area contributed by atoms with Crippen LogP contribution in [0.2, 0.25) is 5.02 Å². The second-order valence-corrected chi connectivity index (χ2v) is 5.35. The molecule has 6 heteroatoms. The van der Waals surface area contributed by atoms with E-state index in [2.05, 4.69) is 5.32 Å². The molecule has 1 aliphatic heterocycles. The fourth-order valence-corrected chi connectivity index (χ4v) is 2.70. The molecule has 1 amide bonds. The van der Waals surface area contributed by atoms with Crippen LogP contribution in [0.25, 0.3) is 0 Å². The van der Waals surface area contributed by atoms with Crippen molar-refractivity contribution in [2.45, 2.75) is 25.3 Å². The summed E-state index contributed by atoms with van der Waals surface area (Å²) in [6, 6.07) is 3.47. The maximum absolute atomic E-state index is 12.1. The largest absolute Gasteiger partial charge is 0.454 e. The van der Waals surface area contributed by atoms with E-state index in [1.165, 1.54) is 0 Å². The Bertz CT molecular complexity index is 521. The van der Waals surface area contributed by atoms with Crippen molar-refractivity contribution in [2.75, 3.05) is 12.1 Å². The van der Waals surface area contributed by atoms with Crippen LogP contribution in [0.3, 0.4) is 0 Å². The van der Waals surface area contributed by atoms with Crippen molar-refractivity contribution < 1.29 is 14.3 Å². The smallest absolute Gasteiger partial charge is 0.231 e. The number of amides is 1. The second kappa shape index (κ2) is 4.90. The Kier molecular flexibility index (Phi) is 3.24. The molecule has 102 valence electrons. The van der Waals surface area contributed by atoms with Gasteiger partial charge in [-0.15, -0.1) is 0 Å². The number of ether oxygens (including phenoxy) is 2. The van der Waals surface area contributed by atoms with Gasteiger partial charge in [-0.2, -0.15) is 0 Å². The molecule has 0 saturated heterocycles. The first-order valence-corrected chi connectivity index (χ1v) is 6.67. The lowest BCUT2D eigenvalue weighted by atomic mass is 10.1. The van der Waals surface area contributed by atoms with Crippen LogP contribution in [0.1, 0.15) is 19.3 Å². The summed E-state index contributed by atoms with van der Waals surface area (Å²) >= 11 is 6.11. The molecule has 1 saturated carbocycles. The molecule has 3 N–H and O–H groups in total. The van der Waals surface area contributed by atoms with Crippen LogP contribution in [-0.4, -0.2) is 18.7 Å². The maximum atomic E-state index is 12.1. The lowest BCUT2D eigenvalue weighted by Crippen LogP contribution is -2.23. The van der Waals surface area contributed by atoms with Crippen molar-refractivity contribution in [3.05, 3.63) is 17.2 Å². The van der Waals surface area contributed by atoms with Gasteiger partial charge in [-0.1, -0.05) is 11.6 Å². The summed E-state index contributed by atoms with van der Waals surface area (Å²) in [5.41, 5.74) is 6.37. The summed E-state index contributed by atoms with van der Waals surface area (Å²) in [4.78, 5) is 12.1. The molecule has 1 aliphatic carbocycles. The van der Waals surface area contributed by atoms with Crippen molar-refractivity contribution in [1.29, 1.82) is 0 Å². The van der Waals surface area contributed by atoms with Gasteiger partial charge in [0.15, 0.2) is 11.5 Å². The average Bonchev–Trinajstić information content (AvgIpc) is 2.98. The van der Waals surface area contributed by atoms with Gasteiger partial charge in [0.2, 0.25) is 12.7 Å². The van der Waals surface area contributed by atoms with Gasteiger partial charge in [-0.25, -0.2) is 0 Å². The Morgan fingerprint density at radius 1 is 1.32 bits per heavy atom. The molecule has 0 spiro atoms. The van der Waals surface area contributed by atoms with Gasteiger partial charge < -0.3 is 20.5 Å². The molecular weight excluding hydrogens is 268 g/mol. The summed E-state index contributed by atoms with van der Waals surface area (Å²) < 4.78 is 10.5. The Hall–Kier alpha value is -1.46. The van der Waals surface area contributed by atoms with Crippen molar-refractivity contribution >= 4 is 23.2 Å². The molecule has 0 aromatic heterocycles. The summed E-state index contributed by atoms with van der Waals surface area (Å²) in [6.07, 6.45) is 2.45. The fourth-order valence-electron chi connectivity index (χ4n) is 2.50. The predicted octanol–water partition coefficient (Wildman–Crippen LogP) is 2.13. The molecule has 0 bridgehead atoms. The van der Waals surface area contributed by atoms with Crippen molar-refractivity contribution in [3.63, 3.8) is 0 Å². The lowest BCUT2D eigenvalue weighted by molar-refractivity contribution is -0.119. The van der Waals surface area contributed by atoms with E-state index in [1.54, 1.807) is 12.1 Å². The molecule has 5 nitrogen and oxygen atoms in total. The summed E-state index contributed by atoms with van der Waals surface area (Å²) in [7, 11) is 0. The zero-order valence-corrected chi connectivity index (χ0v) is 11.1. The third-order valence-corrected chi connectivity index (χ3v) is 3.88. The van der Waals surface area contributed by atoms with Crippen molar-refractivity contribution in [2.24, 2.45) is 11.7 Å². The quantitative estimate of drug-likeness (QED) is 0.871. The number of hydrogen-bond donors (Lipinski definition) is 2. The highest BCUT2D eigenvalue weighted by Crippen LogP contribution is 2.39. The first-order valence-electron chi connectivity index (χ1n) is 6.29. The number of fused-ring (bicyclic) bond motifs is 1. The fraction of sp³-hybridized carbons (Fsp3) is 0.462. The number of halogens is 1. The van der Waals surface area contributed by atoms with Crippen LogP contribution in [0.4, 0.5) is 5.69 Å². The maximum Gasteiger partial charge on any atom is 0.231 e. The molecule has 0 radical (unpaired) electrons. The summed E-state index contributed by atoms with van der Waals surface area (Å²) in [5, 5.41) is 3.28. The minimum atomic E-state index is -0.0336. The van der Waals surface area contributed by atoms with Gasteiger partial charge >= 0.3 is 0 Å². The Labute approximate surface area is 116 Å². The zero-order chi connectivity index (χ0) is 13.4. The number of hydrogen-bond acceptors (Lipinski definition) is 4. The lowest BCUT2D eigenvalue weighted by Gasteiger charge is -2.12. The number of benzene rings is 1. The number of rotatable bonds is 2. The number of carbonyl (C=O) groups excluding carboxylic acids is 1. The van der Waals surface area contributed by atoms with Gasteiger partial charge in [0.25, 0.3) is 0 Å². The number of nitrogens with one attached hydrogen (secondary N) is 1. The first kappa shape index (κ1) is 12.6. The molecule has 1 fully saturated rings. The zero-order valence-electron chi connectivity index (χ0n) is 10.3. The topological polar surface area (TPSA) is 73.6 Å². The van der Waals surface area contributed by atoms with Gasteiger partial charge in [-0.3, -0.25) is 4.79 Å². The summed E-state index contributed by atoms with van der Waals surface area (Å²) in [5.74, 6) is 1.14. The van der Waals surface area contributed by atoms with Gasteiger partial charge in [-0.05, 0) is 19.3 Å². The normalized spacial score (nSPS) is 24.5. The molecule has 1 aromatic carbocycles. The van der Waals surface area contributed by atoms with E-state index in [9.17, 15) is 4.79 Å². The van der Waals surface area contributed by atoms with Crippen LogP contribution < -0.4 is 20.5 Å². The second-order valence-electron chi connectivity index (χ2n) is 4.94. The van der Waals surface area contributed by atoms with Crippen molar-refractivity contribution in [3.8, 4) is 11.5 Å². The minimum Gasteiger partial charge on any atom is -0.454 e. The highest BCUT2D eigenvalue weighted by Gasteiger charge is 2.28. The predicted molar refractivity (Wildman–Crippen MR) is 71.5 cm³/mol. The van der Waals surface area contributed by atoms with E-state index in [0.717, 1.165) is 19.3 Å². The number of nitrogens with two attached hydrogens (primary N) is 1. The van der Waals surface area contributed by atoms with Crippen LogP contribution in [-0.2, 0) is 4.79 Å². The number of carbonyl (C=O) groups is 1. The Morgan fingerprint density at radius 2 is 2.05 bits per heavy atom. The highest BCUT2D eigenvalue weighted by molar-refractivity contribution is 6.34.